The third-order valence-electron chi connectivity index (χ3n) is 6.60. The predicted octanol–water partition coefficient (Wildman–Crippen LogP) is 4.09. The van der Waals surface area contributed by atoms with Gasteiger partial charge in [0.05, 0.1) is 12.9 Å². The molecule has 2 fully saturated rings. The maximum atomic E-state index is 6.58. The van der Waals surface area contributed by atoms with Crippen molar-refractivity contribution in [2.24, 2.45) is 0 Å². The van der Waals surface area contributed by atoms with Crippen LogP contribution in [-0.4, -0.2) is 58.5 Å². The maximum Gasteiger partial charge on any atom is 0.192 e. The summed E-state index contributed by atoms with van der Waals surface area (Å²) in [5.41, 5.74) is 0.238. The van der Waals surface area contributed by atoms with Crippen molar-refractivity contribution in [1.29, 1.82) is 0 Å². The second-order valence-electron chi connectivity index (χ2n) is 10.3. The van der Waals surface area contributed by atoms with Gasteiger partial charge in [-0.15, -0.1) is 0 Å². The van der Waals surface area contributed by atoms with Crippen molar-refractivity contribution in [3.63, 3.8) is 0 Å². The lowest BCUT2D eigenvalue weighted by atomic mass is 10.0. The molecule has 2 aromatic rings. The van der Waals surface area contributed by atoms with Crippen molar-refractivity contribution in [3.05, 3.63) is 17.8 Å². The Kier molecular flexibility index (Phi) is 5.12. The molecule has 0 aromatic carbocycles. The molecule has 0 bridgehead atoms. The molecule has 30 heavy (non-hydrogen) atoms. The maximum absolute atomic E-state index is 6.58. The van der Waals surface area contributed by atoms with E-state index in [1.165, 1.54) is 6.33 Å². The summed E-state index contributed by atoms with van der Waals surface area (Å²) in [6.07, 6.45) is 2.18. The summed E-state index contributed by atoms with van der Waals surface area (Å²) in [6.45, 7) is 17.4. The van der Waals surface area contributed by atoms with E-state index in [0.29, 0.717) is 22.9 Å². The quantitative estimate of drug-likeness (QED) is 0.508. The van der Waals surface area contributed by atoms with Gasteiger partial charge >= 0.3 is 0 Å². The van der Waals surface area contributed by atoms with Crippen molar-refractivity contribution in [2.75, 3.05) is 6.61 Å². The number of hydrogen-bond acceptors (Lipinski definition) is 7. The first kappa shape index (κ1) is 22.1. The van der Waals surface area contributed by atoms with Crippen molar-refractivity contribution in [3.8, 4) is 0 Å². The lowest BCUT2D eigenvalue weighted by Gasteiger charge is -2.37. The van der Waals surface area contributed by atoms with Crippen LogP contribution < -0.4 is 0 Å². The Labute approximate surface area is 183 Å². The number of fused-ring (bicyclic) bond motifs is 2. The van der Waals surface area contributed by atoms with Gasteiger partial charge in [0, 0.05) is 0 Å². The van der Waals surface area contributed by atoms with Crippen LogP contribution in [0.2, 0.25) is 23.3 Å². The number of halogens is 1. The lowest BCUT2D eigenvalue weighted by Crippen LogP contribution is -2.44. The fourth-order valence-electron chi connectivity index (χ4n) is 3.88. The highest BCUT2D eigenvalue weighted by atomic mass is 35.5. The summed E-state index contributed by atoms with van der Waals surface area (Å²) in [5.74, 6) is -0.724. The monoisotopic (exact) mass is 454 g/mol. The zero-order valence-electron chi connectivity index (χ0n) is 18.9. The lowest BCUT2D eigenvalue weighted by molar-refractivity contribution is -0.227. The van der Waals surface area contributed by atoms with Gasteiger partial charge in [0.2, 0.25) is 0 Å². The van der Waals surface area contributed by atoms with Gasteiger partial charge in [-0.3, -0.25) is 4.57 Å². The van der Waals surface area contributed by atoms with Crippen LogP contribution in [0.4, 0.5) is 0 Å². The summed E-state index contributed by atoms with van der Waals surface area (Å²) in [7, 11) is -1.95. The molecule has 2 aliphatic rings. The third-order valence-corrected chi connectivity index (χ3v) is 11.4. The van der Waals surface area contributed by atoms with E-state index in [1.807, 2.05) is 25.3 Å². The second-order valence-corrected chi connectivity index (χ2v) is 15.4. The molecule has 166 valence electrons. The zero-order chi connectivity index (χ0) is 22.1. The number of imidazole rings is 1. The molecular weight excluding hydrogens is 424 g/mol. The Morgan fingerprint density at radius 2 is 1.83 bits per heavy atom. The largest absolute Gasteiger partial charge is 0.414 e. The summed E-state index contributed by atoms with van der Waals surface area (Å²) >= 11 is 6.21. The molecule has 0 amide bonds. The number of hydrogen-bond donors (Lipinski definition) is 0. The molecule has 0 unspecified atom stereocenters. The minimum Gasteiger partial charge on any atom is -0.414 e. The molecule has 8 nitrogen and oxygen atoms in total. The normalized spacial score (nSPS) is 31.4. The van der Waals surface area contributed by atoms with E-state index in [0.717, 1.165) is 0 Å². The zero-order valence-corrected chi connectivity index (χ0v) is 20.6. The topological polar surface area (TPSA) is 80.5 Å². The van der Waals surface area contributed by atoms with E-state index in [-0.39, 0.29) is 23.4 Å². The van der Waals surface area contributed by atoms with Crippen LogP contribution in [0, 0.1) is 0 Å². The van der Waals surface area contributed by atoms with E-state index in [4.69, 9.17) is 30.2 Å². The van der Waals surface area contributed by atoms with Crippen LogP contribution in [0.25, 0.3) is 11.2 Å². The average Bonchev–Trinajstić information content (AvgIpc) is 3.25. The highest BCUT2D eigenvalue weighted by Gasteiger charge is 2.62. The Morgan fingerprint density at radius 1 is 1.13 bits per heavy atom. The van der Waals surface area contributed by atoms with E-state index in [9.17, 15) is 0 Å². The second kappa shape index (κ2) is 6.95. The molecule has 10 heteroatoms. The molecule has 4 heterocycles. The van der Waals surface area contributed by atoms with Gasteiger partial charge in [-0.1, -0.05) is 32.4 Å². The fraction of sp³-hybridized carbons (Fsp3) is 0.750. The smallest absolute Gasteiger partial charge is 0.192 e. The average molecular weight is 455 g/mol. The minimum absolute atomic E-state index is 0.106. The van der Waals surface area contributed by atoms with Gasteiger partial charge in [0.25, 0.3) is 0 Å². The Balaban J connectivity index is 1.68. The van der Waals surface area contributed by atoms with Crippen LogP contribution in [0.15, 0.2) is 12.7 Å². The van der Waals surface area contributed by atoms with Crippen LogP contribution in [0.3, 0.4) is 0 Å². The van der Waals surface area contributed by atoms with E-state index in [1.54, 1.807) is 6.33 Å². The molecule has 2 saturated heterocycles. The predicted molar refractivity (Wildman–Crippen MR) is 116 cm³/mol. The Hall–Kier alpha value is -1.10. The molecule has 4 atom stereocenters. The Morgan fingerprint density at radius 3 is 2.50 bits per heavy atom. The molecule has 0 spiro atoms. The molecule has 2 aromatic heterocycles. The first-order chi connectivity index (χ1) is 13.8. The Bertz CT molecular complexity index is 960. The van der Waals surface area contributed by atoms with Crippen molar-refractivity contribution in [2.45, 2.75) is 89.5 Å². The van der Waals surface area contributed by atoms with Gasteiger partial charge in [0.1, 0.15) is 30.2 Å². The van der Waals surface area contributed by atoms with E-state index < -0.39 is 19.8 Å². The van der Waals surface area contributed by atoms with E-state index in [2.05, 4.69) is 48.8 Å². The van der Waals surface area contributed by atoms with Crippen molar-refractivity contribution < 1.29 is 18.6 Å². The number of rotatable bonds is 4. The fourth-order valence-corrected chi connectivity index (χ4v) is 5.07. The highest BCUT2D eigenvalue weighted by Crippen LogP contribution is 2.48. The summed E-state index contributed by atoms with van der Waals surface area (Å²) in [4.78, 5) is 12.8. The molecule has 0 aliphatic carbocycles. The summed E-state index contributed by atoms with van der Waals surface area (Å²) in [5, 5.41) is 0.410. The summed E-state index contributed by atoms with van der Waals surface area (Å²) in [6, 6.07) is 0. The molecule has 0 N–H and O–H groups in total. The van der Waals surface area contributed by atoms with Crippen LogP contribution in [0.1, 0.15) is 41.5 Å². The van der Waals surface area contributed by atoms with Crippen LogP contribution in [-0.2, 0) is 24.4 Å². The van der Waals surface area contributed by atoms with Crippen LogP contribution >= 0.6 is 11.6 Å². The molecule has 4 rings (SSSR count). The molecule has 0 saturated carbocycles. The standard InChI is InChI=1S/C20H31ClN4O4Si/c1-18(2,3)30(7,8)26-9-12-14-15(29-19(4,5)28-14)20(6,27-12)25-11-24-13-16(21)22-10-23-17(13)25/h10-12,14-15H,9H2,1-8H3/t12-,14-,15-,20-/m1/s1. The highest BCUT2D eigenvalue weighted by molar-refractivity contribution is 6.74. The number of nitrogens with zero attached hydrogens (tertiary/aromatic N) is 4. The minimum atomic E-state index is -1.95. The number of aromatic nitrogens is 4. The third kappa shape index (κ3) is 3.49. The summed E-state index contributed by atoms with van der Waals surface area (Å²) < 4.78 is 27.5. The van der Waals surface area contributed by atoms with E-state index >= 15 is 0 Å². The van der Waals surface area contributed by atoms with Gasteiger partial charge in [-0.05, 0) is 38.9 Å². The van der Waals surface area contributed by atoms with Crippen molar-refractivity contribution in [1.82, 2.24) is 19.5 Å². The van der Waals surface area contributed by atoms with Gasteiger partial charge in [0.15, 0.2) is 30.6 Å². The first-order valence-electron chi connectivity index (χ1n) is 10.3. The molecule has 2 aliphatic heterocycles. The van der Waals surface area contributed by atoms with Gasteiger partial charge < -0.3 is 18.6 Å². The first-order valence-corrected chi connectivity index (χ1v) is 13.6. The molecular formula is C20H31ClN4O4Si. The molecule has 0 radical (unpaired) electrons. The SMILES string of the molecule is CC1(C)O[C@H]2[C@@H](O1)[C@](C)(n1cnc3c(Cl)ncnc31)O[C@@H]2CO[Si](C)(C)C(C)(C)C. The van der Waals surface area contributed by atoms with Gasteiger partial charge in [-0.25, -0.2) is 15.0 Å². The van der Waals surface area contributed by atoms with Gasteiger partial charge in [-0.2, -0.15) is 0 Å². The van der Waals surface area contributed by atoms with Crippen LogP contribution in [0.5, 0.6) is 0 Å². The number of ether oxygens (including phenoxy) is 3. The van der Waals surface area contributed by atoms with Crippen molar-refractivity contribution >= 4 is 31.1 Å².